The quantitative estimate of drug-likeness (QED) is 0.454. The van der Waals surface area contributed by atoms with Crippen LogP contribution in [-0.4, -0.2) is 39.6 Å². The Morgan fingerprint density at radius 3 is 2.46 bits per heavy atom. The molecule has 2 N–H and O–H groups in total. The minimum Gasteiger partial charge on any atom is -0.478 e. The van der Waals surface area contributed by atoms with Gasteiger partial charge in [-0.15, -0.1) is 0 Å². The van der Waals surface area contributed by atoms with Crippen molar-refractivity contribution in [1.82, 2.24) is 4.90 Å². The molecule has 0 aliphatic carbocycles. The highest BCUT2D eigenvalue weighted by Gasteiger charge is 2.36. The van der Waals surface area contributed by atoms with E-state index >= 15 is 0 Å². The normalized spacial score (nSPS) is 14.6. The number of anilines is 1. The monoisotopic (exact) mass is 490 g/mol. The van der Waals surface area contributed by atoms with Gasteiger partial charge >= 0.3 is 5.97 Å². The maximum Gasteiger partial charge on any atom is 0.335 e. The Kier molecular flexibility index (Phi) is 6.61. The summed E-state index contributed by atoms with van der Waals surface area (Å²) in [5, 5.41) is 11.4. The Bertz CT molecular complexity index is 1400. The first-order chi connectivity index (χ1) is 16.6. The number of imide groups is 1. The molecule has 0 atom stereocenters. The zero-order valence-corrected chi connectivity index (χ0v) is 20.1. The Balaban J connectivity index is 1.48. The van der Waals surface area contributed by atoms with Gasteiger partial charge in [0.15, 0.2) is 0 Å². The molecular weight excluding hydrogens is 468 g/mol. The number of carboxylic acids is 1. The van der Waals surface area contributed by atoms with Gasteiger partial charge in [0.2, 0.25) is 5.91 Å². The molecule has 2 aromatic carbocycles. The summed E-state index contributed by atoms with van der Waals surface area (Å²) in [5.74, 6) is -1.36. The van der Waals surface area contributed by atoms with E-state index in [2.05, 4.69) is 5.32 Å². The van der Waals surface area contributed by atoms with E-state index in [1.807, 2.05) is 32.9 Å². The summed E-state index contributed by atoms with van der Waals surface area (Å²) in [6, 6.07) is 13.5. The van der Waals surface area contributed by atoms with Crippen molar-refractivity contribution in [3.8, 4) is 11.3 Å². The van der Waals surface area contributed by atoms with Crippen LogP contribution in [0.4, 0.5) is 10.5 Å². The third-order valence-electron chi connectivity index (χ3n) is 5.62. The van der Waals surface area contributed by atoms with Crippen LogP contribution in [0.2, 0.25) is 0 Å². The second-order valence-electron chi connectivity index (χ2n) is 8.15. The molecule has 178 valence electrons. The van der Waals surface area contributed by atoms with Crippen LogP contribution < -0.4 is 5.32 Å². The van der Waals surface area contributed by atoms with Gasteiger partial charge in [0.25, 0.3) is 11.1 Å². The zero-order chi connectivity index (χ0) is 25.3. The number of thioether (sulfide) groups is 1. The van der Waals surface area contributed by atoms with E-state index in [0.29, 0.717) is 22.8 Å². The Labute approximate surface area is 205 Å². The molecule has 2 heterocycles. The van der Waals surface area contributed by atoms with E-state index in [1.165, 1.54) is 18.2 Å². The molecule has 35 heavy (non-hydrogen) atoms. The number of aromatic carboxylic acids is 1. The van der Waals surface area contributed by atoms with Crippen LogP contribution in [0.5, 0.6) is 0 Å². The van der Waals surface area contributed by atoms with E-state index in [1.54, 1.807) is 24.3 Å². The Morgan fingerprint density at radius 2 is 1.74 bits per heavy atom. The van der Waals surface area contributed by atoms with Crippen molar-refractivity contribution in [3.63, 3.8) is 0 Å². The summed E-state index contributed by atoms with van der Waals surface area (Å²) in [6.07, 6.45) is 1.44. The molecule has 0 saturated carbocycles. The standard InChI is InChI=1S/C26H22N2O6S/c1-14-5-7-18(10-16(14)3)27-23(29)13-28-24(30)22(35-26(28)33)12-19-8-9-21(34-19)20-11-17(25(31)32)6-4-15(20)2/h4-12H,13H2,1-3H3,(H,27,29)(H,31,32)/b22-12+. The Hall–Kier alpha value is -4.11. The summed E-state index contributed by atoms with van der Waals surface area (Å²) in [6.45, 7) is 5.32. The SMILES string of the molecule is Cc1ccc(NC(=O)CN2C(=O)S/C(=C/c3ccc(-c4cc(C(=O)O)ccc4C)o3)C2=O)cc1C. The van der Waals surface area contributed by atoms with E-state index < -0.39 is 29.6 Å². The number of carbonyl (C=O) groups is 4. The second kappa shape index (κ2) is 9.63. The lowest BCUT2D eigenvalue weighted by atomic mass is 10.0. The van der Waals surface area contributed by atoms with E-state index in [4.69, 9.17) is 4.42 Å². The number of hydrogen-bond acceptors (Lipinski definition) is 6. The van der Waals surface area contributed by atoms with Crippen LogP contribution in [0.1, 0.15) is 32.8 Å². The lowest BCUT2D eigenvalue weighted by Gasteiger charge is -2.13. The molecule has 8 nitrogen and oxygen atoms in total. The minimum absolute atomic E-state index is 0.128. The highest BCUT2D eigenvalue weighted by molar-refractivity contribution is 8.18. The first-order valence-electron chi connectivity index (χ1n) is 10.7. The third-order valence-corrected chi connectivity index (χ3v) is 6.52. The van der Waals surface area contributed by atoms with Gasteiger partial charge in [-0.1, -0.05) is 12.1 Å². The van der Waals surface area contributed by atoms with Gasteiger partial charge in [-0.05, 0) is 85.6 Å². The molecule has 4 rings (SSSR count). The average molecular weight is 491 g/mol. The number of carboxylic acid groups (broad SMARTS) is 1. The predicted octanol–water partition coefficient (Wildman–Crippen LogP) is 5.25. The fourth-order valence-electron chi connectivity index (χ4n) is 3.52. The fourth-order valence-corrected chi connectivity index (χ4v) is 4.34. The lowest BCUT2D eigenvalue weighted by Crippen LogP contribution is -2.36. The summed E-state index contributed by atoms with van der Waals surface area (Å²) in [7, 11) is 0. The number of amides is 3. The third kappa shape index (κ3) is 5.20. The van der Waals surface area contributed by atoms with Crippen molar-refractivity contribution in [3.05, 3.63) is 81.5 Å². The van der Waals surface area contributed by atoms with Crippen LogP contribution >= 0.6 is 11.8 Å². The van der Waals surface area contributed by atoms with Gasteiger partial charge in [-0.2, -0.15) is 0 Å². The first-order valence-corrected chi connectivity index (χ1v) is 11.5. The van der Waals surface area contributed by atoms with Crippen molar-refractivity contribution >= 4 is 46.5 Å². The largest absolute Gasteiger partial charge is 0.478 e. The van der Waals surface area contributed by atoms with Gasteiger partial charge in [0, 0.05) is 17.3 Å². The molecule has 1 aromatic heterocycles. The maximum absolute atomic E-state index is 12.8. The lowest BCUT2D eigenvalue weighted by molar-refractivity contribution is -0.127. The smallest absolute Gasteiger partial charge is 0.335 e. The number of rotatable bonds is 6. The molecule has 1 aliphatic heterocycles. The summed E-state index contributed by atoms with van der Waals surface area (Å²) >= 11 is 0.725. The van der Waals surface area contributed by atoms with Crippen molar-refractivity contribution < 1.29 is 28.7 Å². The van der Waals surface area contributed by atoms with Gasteiger partial charge in [-0.3, -0.25) is 19.3 Å². The molecule has 3 aromatic rings. The number of benzene rings is 2. The molecule has 0 spiro atoms. The minimum atomic E-state index is -1.05. The molecule has 0 radical (unpaired) electrons. The number of nitrogens with zero attached hydrogens (tertiary/aromatic N) is 1. The number of nitrogens with one attached hydrogen (secondary N) is 1. The van der Waals surface area contributed by atoms with Crippen molar-refractivity contribution in [2.45, 2.75) is 20.8 Å². The molecule has 0 bridgehead atoms. The van der Waals surface area contributed by atoms with Crippen LogP contribution in [0, 0.1) is 20.8 Å². The van der Waals surface area contributed by atoms with Gasteiger partial charge in [0.1, 0.15) is 18.1 Å². The average Bonchev–Trinajstić information content (AvgIpc) is 3.36. The highest BCUT2D eigenvalue weighted by atomic mass is 32.2. The first kappa shape index (κ1) is 24.0. The predicted molar refractivity (Wildman–Crippen MR) is 133 cm³/mol. The molecular formula is C26H22N2O6S. The molecule has 3 amide bonds. The van der Waals surface area contributed by atoms with Crippen molar-refractivity contribution in [1.29, 1.82) is 0 Å². The topological polar surface area (TPSA) is 117 Å². The van der Waals surface area contributed by atoms with E-state index in [9.17, 15) is 24.3 Å². The van der Waals surface area contributed by atoms with Gasteiger partial charge in [0.05, 0.1) is 10.5 Å². The van der Waals surface area contributed by atoms with Crippen LogP contribution in [-0.2, 0) is 9.59 Å². The molecule has 1 fully saturated rings. The van der Waals surface area contributed by atoms with E-state index in [0.717, 1.165) is 33.4 Å². The molecule has 1 aliphatic rings. The van der Waals surface area contributed by atoms with Crippen LogP contribution in [0.25, 0.3) is 17.4 Å². The van der Waals surface area contributed by atoms with Crippen LogP contribution in [0.3, 0.4) is 0 Å². The van der Waals surface area contributed by atoms with Crippen LogP contribution in [0.15, 0.2) is 57.9 Å². The summed E-state index contributed by atoms with van der Waals surface area (Å²) in [5.41, 5.74) is 4.26. The molecule has 1 saturated heterocycles. The summed E-state index contributed by atoms with van der Waals surface area (Å²) in [4.78, 5) is 49.9. The number of furan rings is 1. The van der Waals surface area contributed by atoms with Gasteiger partial charge < -0.3 is 14.8 Å². The van der Waals surface area contributed by atoms with Crippen molar-refractivity contribution in [2.75, 3.05) is 11.9 Å². The second-order valence-corrected chi connectivity index (χ2v) is 9.15. The maximum atomic E-state index is 12.8. The number of hydrogen-bond donors (Lipinski definition) is 2. The highest BCUT2D eigenvalue weighted by Crippen LogP contribution is 2.34. The zero-order valence-electron chi connectivity index (χ0n) is 19.2. The molecule has 9 heteroatoms. The fraction of sp³-hybridized carbons (Fsp3) is 0.154. The Morgan fingerprint density at radius 1 is 1.00 bits per heavy atom. The number of aryl methyl sites for hydroxylation is 3. The van der Waals surface area contributed by atoms with Crippen molar-refractivity contribution in [2.24, 2.45) is 0 Å². The van der Waals surface area contributed by atoms with E-state index in [-0.39, 0.29) is 10.5 Å². The van der Waals surface area contributed by atoms with Gasteiger partial charge in [-0.25, -0.2) is 4.79 Å². The number of carbonyl (C=O) groups excluding carboxylic acids is 3. The molecule has 0 unspecified atom stereocenters. The summed E-state index contributed by atoms with van der Waals surface area (Å²) < 4.78 is 5.80.